The maximum atomic E-state index is 12.9. The molecule has 1 atom stereocenters. The molecule has 0 amide bonds. The summed E-state index contributed by atoms with van der Waals surface area (Å²) in [7, 11) is -3.89. The van der Waals surface area contributed by atoms with Crippen LogP contribution in [0.2, 0.25) is 5.02 Å². The van der Waals surface area contributed by atoms with Crippen LogP contribution in [0.25, 0.3) is 0 Å². The largest absolute Gasteiger partial charge is 0.242 e. The van der Waals surface area contributed by atoms with E-state index in [2.05, 4.69) is 4.72 Å². The summed E-state index contributed by atoms with van der Waals surface area (Å²) in [5.74, 6) is -1.17. The minimum atomic E-state index is -3.89. The molecule has 7 heteroatoms. The third kappa shape index (κ3) is 3.66. The van der Waals surface area contributed by atoms with Gasteiger partial charge in [0.15, 0.2) is 0 Å². The quantitative estimate of drug-likeness (QED) is 0.913. The standard InChI is InChI=1S/C10H10ClFN2O2S/c1-7(5-13)6-14-17(15,16)10-4-8(12)2-3-9(10)11/h2-4,7,14H,6H2,1H3/t7-/m1/s1. The van der Waals surface area contributed by atoms with Crippen LogP contribution < -0.4 is 4.72 Å². The van der Waals surface area contributed by atoms with Crippen molar-refractivity contribution in [2.45, 2.75) is 11.8 Å². The molecule has 1 N–H and O–H groups in total. The number of sulfonamides is 1. The minimum Gasteiger partial charge on any atom is -0.210 e. The van der Waals surface area contributed by atoms with Crippen molar-refractivity contribution in [3.63, 3.8) is 0 Å². The summed E-state index contributed by atoms with van der Waals surface area (Å²) in [5, 5.41) is 8.46. The molecule has 1 aromatic carbocycles. The SMILES string of the molecule is C[C@H](C#N)CNS(=O)(=O)c1cc(F)ccc1Cl. The fraction of sp³-hybridized carbons (Fsp3) is 0.300. The number of nitriles is 1. The molecular formula is C10H10ClFN2O2S. The molecule has 1 rings (SSSR count). The third-order valence-electron chi connectivity index (χ3n) is 1.98. The molecule has 0 fully saturated rings. The number of halogens is 2. The number of rotatable bonds is 4. The van der Waals surface area contributed by atoms with Crippen molar-refractivity contribution in [3.05, 3.63) is 29.0 Å². The van der Waals surface area contributed by atoms with Crippen LogP contribution in [0, 0.1) is 23.1 Å². The molecular weight excluding hydrogens is 267 g/mol. The Labute approximate surface area is 104 Å². The molecule has 17 heavy (non-hydrogen) atoms. The van der Waals surface area contributed by atoms with Gasteiger partial charge in [-0.05, 0) is 25.1 Å². The summed E-state index contributed by atoms with van der Waals surface area (Å²) in [6, 6.07) is 4.95. The smallest absolute Gasteiger partial charge is 0.210 e. The fourth-order valence-corrected chi connectivity index (χ4v) is 2.68. The number of benzene rings is 1. The van der Waals surface area contributed by atoms with Crippen molar-refractivity contribution < 1.29 is 12.8 Å². The Morgan fingerprint density at radius 1 is 1.59 bits per heavy atom. The first kappa shape index (κ1) is 13.9. The molecule has 0 aromatic heterocycles. The van der Waals surface area contributed by atoms with E-state index in [1.807, 2.05) is 6.07 Å². The van der Waals surface area contributed by atoms with Crippen LogP contribution in [0.5, 0.6) is 0 Å². The highest BCUT2D eigenvalue weighted by Gasteiger charge is 2.19. The Bertz CT molecular complexity index is 554. The van der Waals surface area contributed by atoms with Crippen LogP contribution in [-0.2, 0) is 10.0 Å². The Kier molecular flexibility index (Phi) is 4.46. The molecule has 0 aliphatic rings. The molecule has 92 valence electrons. The van der Waals surface area contributed by atoms with Gasteiger partial charge in [0.25, 0.3) is 0 Å². The van der Waals surface area contributed by atoms with Gasteiger partial charge in [-0.25, -0.2) is 17.5 Å². The van der Waals surface area contributed by atoms with Crippen molar-refractivity contribution >= 4 is 21.6 Å². The monoisotopic (exact) mass is 276 g/mol. The average Bonchev–Trinajstić information content (AvgIpc) is 2.29. The fourth-order valence-electron chi connectivity index (χ4n) is 1.04. The molecule has 0 aliphatic heterocycles. The van der Waals surface area contributed by atoms with Gasteiger partial charge in [0.1, 0.15) is 10.7 Å². The highest BCUT2D eigenvalue weighted by atomic mass is 35.5. The summed E-state index contributed by atoms with van der Waals surface area (Å²) in [4.78, 5) is -0.329. The molecule has 0 bridgehead atoms. The lowest BCUT2D eigenvalue weighted by molar-refractivity contribution is 0.569. The lowest BCUT2D eigenvalue weighted by Gasteiger charge is -2.09. The van der Waals surface area contributed by atoms with Gasteiger partial charge in [0, 0.05) is 6.54 Å². The second-order valence-electron chi connectivity index (χ2n) is 3.46. The molecule has 0 aliphatic carbocycles. The molecule has 0 spiro atoms. The maximum absolute atomic E-state index is 12.9. The summed E-state index contributed by atoms with van der Waals surface area (Å²) >= 11 is 5.68. The number of nitrogens with one attached hydrogen (secondary N) is 1. The number of hydrogen-bond donors (Lipinski definition) is 1. The number of nitrogens with zero attached hydrogens (tertiary/aromatic N) is 1. The highest BCUT2D eigenvalue weighted by molar-refractivity contribution is 7.89. The van der Waals surface area contributed by atoms with E-state index in [1.54, 1.807) is 6.92 Å². The lowest BCUT2D eigenvalue weighted by atomic mass is 10.2. The van der Waals surface area contributed by atoms with Gasteiger partial charge < -0.3 is 0 Å². The number of hydrogen-bond acceptors (Lipinski definition) is 3. The van der Waals surface area contributed by atoms with E-state index in [-0.39, 0.29) is 16.5 Å². The van der Waals surface area contributed by atoms with E-state index in [1.165, 1.54) is 6.07 Å². The average molecular weight is 277 g/mol. The molecule has 4 nitrogen and oxygen atoms in total. The molecule has 0 saturated heterocycles. The van der Waals surface area contributed by atoms with Gasteiger partial charge in [-0.15, -0.1) is 0 Å². The first-order valence-electron chi connectivity index (χ1n) is 4.71. The topological polar surface area (TPSA) is 70.0 Å². The molecule has 0 radical (unpaired) electrons. The van der Waals surface area contributed by atoms with Crippen molar-refractivity contribution in [2.24, 2.45) is 5.92 Å². The Hall–Kier alpha value is -1.16. The Balaban J connectivity index is 2.98. The predicted molar refractivity (Wildman–Crippen MR) is 61.4 cm³/mol. The second-order valence-corrected chi connectivity index (χ2v) is 5.60. The van der Waals surface area contributed by atoms with Crippen LogP contribution in [0.4, 0.5) is 4.39 Å². The Morgan fingerprint density at radius 3 is 2.82 bits per heavy atom. The minimum absolute atomic E-state index is 0.0499. The van der Waals surface area contributed by atoms with Crippen molar-refractivity contribution in [2.75, 3.05) is 6.54 Å². The normalized spacial score (nSPS) is 13.1. The summed E-state index contributed by atoms with van der Waals surface area (Å²) in [6.45, 7) is 1.52. The molecule has 0 unspecified atom stereocenters. The molecule has 0 heterocycles. The van der Waals surface area contributed by atoms with E-state index >= 15 is 0 Å². The van der Waals surface area contributed by atoms with Gasteiger partial charge in [0.2, 0.25) is 10.0 Å². The zero-order valence-electron chi connectivity index (χ0n) is 8.94. The van der Waals surface area contributed by atoms with Gasteiger partial charge in [-0.2, -0.15) is 5.26 Å². The first-order valence-corrected chi connectivity index (χ1v) is 6.57. The van der Waals surface area contributed by atoms with Crippen LogP contribution >= 0.6 is 11.6 Å². The van der Waals surface area contributed by atoms with Crippen LogP contribution in [-0.4, -0.2) is 15.0 Å². The van der Waals surface area contributed by atoms with E-state index in [9.17, 15) is 12.8 Å². The van der Waals surface area contributed by atoms with Gasteiger partial charge >= 0.3 is 0 Å². The Morgan fingerprint density at radius 2 is 2.24 bits per heavy atom. The lowest BCUT2D eigenvalue weighted by Crippen LogP contribution is -2.28. The first-order chi connectivity index (χ1) is 7.86. The maximum Gasteiger partial charge on any atom is 0.242 e. The molecule has 0 saturated carbocycles. The summed E-state index contributed by atoms with van der Waals surface area (Å²) < 4.78 is 38.6. The van der Waals surface area contributed by atoms with E-state index in [0.29, 0.717) is 0 Å². The molecule has 1 aromatic rings. The predicted octanol–water partition coefficient (Wildman–Crippen LogP) is 1.92. The van der Waals surface area contributed by atoms with Crippen LogP contribution in [0.1, 0.15) is 6.92 Å². The van der Waals surface area contributed by atoms with Gasteiger partial charge in [0.05, 0.1) is 17.0 Å². The summed E-state index contributed by atoms with van der Waals surface area (Å²) in [5.41, 5.74) is 0. The van der Waals surface area contributed by atoms with Gasteiger partial charge in [-0.3, -0.25) is 0 Å². The highest BCUT2D eigenvalue weighted by Crippen LogP contribution is 2.21. The van der Waals surface area contributed by atoms with Gasteiger partial charge in [-0.1, -0.05) is 11.6 Å². The van der Waals surface area contributed by atoms with E-state index < -0.39 is 21.8 Å². The van der Waals surface area contributed by atoms with Crippen molar-refractivity contribution in [1.29, 1.82) is 5.26 Å². The van der Waals surface area contributed by atoms with Crippen molar-refractivity contribution in [1.82, 2.24) is 4.72 Å². The zero-order chi connectivity index (χ0) is 13.1. The zero-order valence-corrected chi connectivity index (χ0v) is 10.5. The summed E-state index contributed by atoms with van der Waals surface area (Å²) in [6.07, 6.45) is 0. The van der Waals surface area contributed by atoms with Crippen LogP contribution in [0.3, 0.4) is 0 Å². The van der Waals surface area contributed by atoms with E-state index in [0.717, 1.165) is 12.1 Å². The second kappa shape index (κ2) is 5.45. The third-order valence-corrected chi connectivity index (χ3v) is 3.89. The van der Waals surface area contributed by atoms with Crippen molar-refractivity contribution in [3.8, 4) is 6.07 Å². The van der Waals surface area contributed by atoms with Crippen LogP contribution in [0.15, 0.2) is 23.1 Å². The van der Waals surface area contributed by atoms with E-state index in [4.69, 9.17) is 16.9 Å².